The highest BCUT2D eigenvalue weighted by molar-refractivity contribution is 5.78. The highest BCUT2D eigenvalue weighted by atomic mass is 16.5. The first kappa shape index (κ1) is 16.5. The number of rotatable bonds is 6. The van der Waals surface area contributed by atoms with E-state index in [0.29, 0.717) is 19.7 Å². The zero-order valence-corrected chi connectivity index (χ0v) is 13.2. The van der Waals surface area contributed by atoms with Crippen molar-refractivity contribution in [1.82, 2.24) is 10.2 Å². The third-order valence-corrected chi connectivity index (χ3v) is 2.88. The van der Waals surface area contributed by atoms with Crippen LogP contribution in [0.25, 0.3) is 0 Å². The lowest BCUT2D eigenvalue weighted by molar-refractivity contribution is -0.129. The van der Waals surface area contributed by atoms with Crippen molar-refractivity contribution in [2.45, 2.75) is 39.8 Å². The van der Waals surface area contributed by atoms with E-state index in [9.17, 15) is 4.79 Å². The van der Waals surface area contributed by atoms with Crippen molar-refractivity contribution in [3.63, 3.8) is 0 Å². The molecular weight excluding hydrogens is 252 g/mol. The molecule has 0 saturated carbocycles. The van der Waals surface area contributed by atoms with E-state index in [-0.39, 0.29) is 11.4 Å². The number of ether oxygens (including phenoxy) is 1. The summed E-state index contributed by atoms with van der Waals surface area (Å²) in [6.07, 6.45) is 0. The number of amides is 1. The lowest BCUT2D eigenvalue weighted by atomic mass is 10.1. The topological polar surface area (TPSA) is 41.6 Å². The van der Waals surface area contributed by atoms with Crippen molar-refractivity contribution in [2.75, 3.05) is 20.2 Å². The number of para-hydroxylation sites is 1. The van der Waals surface area contributed by atoms with Gasteiger partial charge in [0.15, 0.2) is 0 Å². The number of hydrogen-bond donors (Lipinski definition) is 1. The minimum Gasteiger partial charge on any atom is -0.494 e. The Balaban J connectivity index is 2.61. The van der Waals surface area contributed by atoms with E-state index >= 15 is 0 Å². The van der Waals surface area contributed by atoms with Crippen LogP contribution in [0, 0.1) is 0 Å². The summed E-state index contributed by atoms with van der Waals surface area (Å²) in [5, 5.41) is 3.21. The van der Waals surface area contributed by atoms with Crippen molar-refractivity contribution in [2.24, 2.45) is 0 Å². The Labute approximate surface area is 122 Å². The molecule has 0 aliphatic carbocycles. The van der Waals surface area contributed by atoms with Gasteiger partial charge in [0.2, 0.25) is 5.91 Å². The van der Waals surface area contributed by atoms with E-state index in [4.69, 9.17) is 4.74 Å². The fourth-order valence-corrected chi connectivity index (χ4v) is 1.75. The summed E-state index contributed by atoms with van der Waals surface area (Å²) >= 11 is 0. The number of hydrogen-bond acceptors (Lipinski definition) is 3. The van der Waals surface area contributed by atoms with Crippen molar-refractivity contribution in [3.8, 4) is 5.75 Å². The first-order valence-electron chi connectivity index (χ1n) is 7.03. The molecule has 1 aromatic carbocycles. The molecule has 1 rings (SSSR count). The Morgan fingerprint density at radius 3 is 2.55 bits per heavy atom. The minimum absolute atomic E-state index is 0.0558. The molecule has 0 aliphatic rings. The molecule has 1 amide bonds. The molecule has 0 unspecified atom stereocenters. The number of benzene rings is 1. The van der Waals surface area contributed by atoms with E-state index in [1.807, 2.05) is 59.0 Å². The molecule has 0 saturated heterocycles. The van der Waals surface area contributed by atoms with Gasteiger partial charge in [-0.25, -0.2) is 0 Å². The molecule has 0 bridgehead atoms. The Hall–Kier alpha value is -1.55. The fourth-order valence-electron chi connectivity index (χ4n) is 1.75. The van der Waals surface area contributed by atoms with Gasteiger partial charge in [-0.3, -0.25) is 4.79 Å². The predicted octanol–water partition coefficient (Wildman–Crippen LogP) is 2.43. The van der Waals surface area contributed by atoms with Crippen LogP contribution in [0.3, 0.4) is 0 Å². The molecule has 20 heavy (non-hydrogen) atoms. The lowest BCUT2D eigenvalue weighted by Crippen LogP contribution is -2.43. The van der Waals surface area contributed by atoms with Crippen molar-refractivity contribution >= 4 is 5.91 Å². The maximum absolute atomic E-state index is 12.1. The van der Waals surface area contributed by atoms with Gasteiger partial charge < -0.3 is 15.0 Å². The second-order valence-electron chi connectivity index (χ2n) is 5.89. The maximum Gasteiger partial charge on any atom is 0.236 e. The summed E-state index contributed by atoms with van der Waals surface area (Å²) in [6.45, 7) is 9.62. The normalized spacial score (nSPS) is 11.2. The zero-order chi connectivity index (χ0) is 15.2. The van der Waals surface area contributed by atoms with Gasteiger partial charge in [-0.15, -0.1) is 0 Å². The summed E-state index contributed by atoms with van der Waals surface area (Å²) in [5.41, 5.74) is 0.973. The molecule has 4 nitrogen and oxygen atoms in total. The second-order valence-corrected chi connectivity index (χ2v) is 5.89. The predicted molar refractivity (Wildman–Crippen MR) is 81.8 cm³/mol. The van der Waals surface area contributed by atoms with Crippen LogP contribution in [0.1, 0.15) is 33.3 Å². The van der Waals surface area contributed by atoms with Gasteiger partial charge >= 0.3 is 0 Å². The van der Waals surface area contributed by atoms with Crippen LogP contribution in [0.5, 0.6) is 5.75 Å². The third-order valence-electron chi connectivity index (χ3n) is 2.88. The standard InChI is InChI=1S/C16H26N2O2/c1-6-20-14-10-8-7-9-13(14)12-18(5)15(19)11-17-16(2,3)4/h7-10,17H,6,11-12H2,1-5H3. The van der Waals surface area contributed by atoms with Crippen molar-refractivity contribution < 1.29 is 9.53 Å². The van der Waals surface area contributed by atoms with Crippen LogP contribution in [0.4, 0.5) is 0 Å². The SMILES string of the molecule is CCOc1ccccc1CN(C)C(=O)CNC(C)(C)C. The number of likely N-dealkylation sites (N-methyl/N-ethyl adjacent to an activating group) is 1. The molecule has 0 atom stereocenters. The molecular formula is C16H26N2O2. The molecule has 1 aromatic rings. The monoisotopic (exact) mass is 278 g/mol. The van der Waals surface area contributed by atoms with Crippen LogP contribution in [0.2, 0.25) is 0 Å². The summed E-state index contributed by atoms with van der Waals surface area (Å²) in [5.74, 6) is 0.921. The second kappa shape index (κ2) is 7.29. The lowest BCUT2D eigenvalue weighted by Gasteiger charge is -2.24. The van der Waals surface area contributed by atoms with Gasteiger partial charge in [0.25, 0.3) is 0 Å². The number of nitrogens with zero attached hydrogens (tertiary/aromatic N) is 1. The Morgan fingerprint density at radius 2 is 1.95 bits per heavy atom. The van der Waals surface area contributed by atoms with E-state index < -0.39 is 0 Å². The third kappa shape index (κ3) is 5.61. The van der Waals surface area contributed by atoms with Crippen LogP contribution in [-0.2, 0) is 11.3 Å². The Kier molecular flexibility index (Phi) is 6.02. The molecule has 0 aliphatic heterocycles. The summed E-state index contributed by atoms with van der Waals surface area (Å²) in [6, 6.07) is 7.83. The maximum atomic E-state index is 12.1. The largest absolute Gasteiger partial charge is 0.494 e. The van der Waals surface area contributed by atoms with Crippen LogP contribution in [-0.4, -0.2) is 36.5 Å². The quantitative estimate of drug-likeness (QED) is 0.869. The van der Waals surface area contributed by atoms with E-state index in [0.717, 1.165) is 11.3 Å². The fraction of sp³-hybridized carbons (Fsp3) is 0.562. The average Bonchev–Trinajstić information content (AvgIpc) is 2.37. The molecule has 112 valence electrons. The van der Waals surface area contributed by atoms with E-state index in [1.165, 1.54) is 0 Å². The molecule has 0 aromatic heterocycles. The van der Waals surface area contributed by atoms with Gasteiger partial charge in [0.1, 0.15) is 5.75 Å². The van der Waals surface area contributed by atoms with Crippen molar-refractivity contribution in [1.29, 1.82) is 0 Å². The molecule has 0 fully saturated rings. The summed E-state index contributed by atoms with van der Waals surface area (Å²) < 4.78 is 5.58. The highest BCUT2D eigenvalue weighted by Gasteiger charge is 2.15. The molecule has 0 radical (unpaired) electrons. The zero-order valence-electron chi connectivity index (χ0n) is 13.2. The number of carbonyl (C=O) groups is 1. The van der Waals surface area contributed by atoms with Crippen LogP contribution in [0.15, 0.2) is 24.3 Å². The minimum atomic E-state index is -0.0558. The Morgan fingerprint density at radius 1 is 1.30 bits per heavy atom. The van der Waals surface area contributed by atoms with Gasteiger partial charge in [-0.2, -0.15) is 0 Å². The summed E-state index contributed by atoms with van der Waals surface area (Å²) in [4.78, 5) is 13.8. The van der Waals surface area contributed by atoms with Gasteiger partial charge in [0.05, 0.1) is 13.2 Å². The first-order valence-corrected chi connectivity index (χ1v) is 7.03. The summed E-state index contributed by atoms with van der Waals surface area (Å²) in [7, 11) is 1.81. The number of carbonyl (C=O) groups excluding carboxylic acids is 1. The van der Waals surface area contributed by atoms with Gasteiger partial charge in [-0.1, -0.05) is 18.2 Å². The number of nitrogens with one attached hydrogen (secondary N) is 1. The first-order chi connectivity index (χ1) is 9.33. The Bertz CT molecular complexity index is 438. The van der Waals surface area contributed by atoms with Crippen molar-refractivity contribution in [3.05, 3.63) is 29.8 Å². The molecule has 0 spiro atoms. The molecule has 0 heterocycles. The van der Waals surface area contributed by atoms with Crippen LogP contribution >= 0.6 is 0 Å². The molecule has 4 heteroatoms. The smallest absolute Gasteiger partial charge is 0.236 e. The van der Waals surface area contributed by atoms with E-state index in [1.54, 1.807) is 4.90 Å². The van der Waals surface area contributed by atoms with Gasteiger partial charge in [0, 0.05) is 24.7 Å². The van der Waals surface area contributed by atoms with E-state index in [2.05, 4.69) is 5.32 Å². The van der Waals surface area contributed by atoms with Gasteiger partial charge in [-0.05, 0) is 33.8 Å². The highest BCUT2D eigenvalue weighted by Crippen LogP contribution is 2.19. The molecule has 1 N–H and O–H groups in total. The average molecular weight is 278 g/mol. The van der Waals surface area contributed by atoms with Crippen LogP contribution < -0.4 is 10.1 Å².